The molecular formula is C12H18O2S. The van der Waals surface area contributed by atoms with Crippen molar-refractivity contribution in [3.8, 4) is 0 Å². The molecule has 2 nitrogen and oxygen atoms in total. The third-order valence-electron chi connectivity index (χ3n) is 2.24. The lowest BCUT2D eigenvalue weighted by molar-refractivity contribution is 0.0654. The van der Waals surface area contributed by atoms with E-state index in [-0.39, 0.29) is 0 Å². The molecule has 15 heavy (non-hydrogen) atoms. The standard InChI is InChI=1S/C12H18O2S/c1-13-7-8-14-9-12(10-15)11-5-3-2-4-6-11/h2-6,12,15H,7-10H2,1H3. The monoisotopic (exact) mass is 226 g/mol. The summed E-state index contributed by atoms with van der Waals surface area (Å²) in [5.74, 6) is 1.17. The van der Waals surface area contributed by atoms with Gasteiger partial charge in [0.25, 0.3) is 0 Å². The molecule has 0 aliphatic carbocycles. The van der Waals surface area contributed by atoms with E-state index in [9.17, 15) is 0 Å². The zero-order valence-electron chi connectivity index (χ0n) is 9.06. The van der Waals surface area contributed by atoms with Crippen molar-refractivity contribution < 1.29 is 9.47 Å². The molecule has 3 heteroatoms. The molecule has 0 aliphatic heterocycles. The highest BCUT2D eigenvalue weighted by molar-refractivity contribution is 7.80. The van der Waals surface area contributed by atoms with Crippen molar-refractivity contribution in [2.24, 2.45) is 0 Å². The fourth-order valence-electron chi connectivity index (χ4n) is 1.35. The van der Waals surface area contributed by atoms with Crippen LogP contribution < -0.4 is 0 Å². The predicted octanol–water partition coefficient (Wildman–Crippen LogP) is 2.36. The molecule has 0 spiro atoms. The minimum atomic E-state index is 0.367. The topological polar surface area (TPSA) is 18.5 Å². The number of rotatable bonds is 7. The Morgan fingerprint density at radius 1 is 1.20 bits per heavy atom. The molecule has 1 rings (SSSR count). The highest BCUT2D eigenvalue weighted by atomic mass is 32.1. The second-order valence-electron chi connectivity index (χ2n) is 3.36. The van der Waals surface area contributed by atoms with Crippen LogP contribution in [0.4, 0.5) is 0 Å². The lowest BCUT2D eigenvalue weighted by Gasteiger charge is -2.14. The van der Waals surface area contributed by atoms with Gasteiger partial charge < -0.3 is 9.47 Å². The van der Waals surface area contributed by atoms with Crippen LogP contribution in [0.5, 0.6) is 0 Å². The van der Waals surface area contributed by atoms with Gasteiger partial charge in [-0.25, -0.2) is 0 Å². The van der Waals surface area contributed by atoms with Crippen molar-refractivity contribution in [3.05, 3.63) is 35.9 Å². The molecule has 1 aromatic rings. The molecule has 0 saturated carbocycles. The Morgan fingerprint density at radius 3 is 2.53 bits per heavy atom. The van der Waals surface area contributed by atoms with E-state index in [0.717, 1.165) is 5.75 Å². The highest BCUT2D eigenvalue weighted by Gasteiger charge is 2.08. The van der Waals surface area contributed by atoms with E-state index in [1.54, 1.807) is 7.11 Å². The first kappa shape index (κ1) is 12.6. The zero-order valence-corrected chi connectivity index (χ0v) is 9.95. The number of hydrogen-bond acceptors (Lipinski definition) is 3. The Hall–Kier alpha value is -0.510. The maximum atomic E-state index is 5.51. The largest absolute Gasteiger partial charge is 0.382 e. The van der Waals surface area contributed by atoms with Gasteiger partial charge >= 0.3 is 0 Å². The van der Waals surface area contributed by atoms with Crippen LogP contribution in [0.1, 0.15) is 11.5 Å². The summed E-state index contributed by atoms with van der Waals surface area (Å²) in [5, 5.41) is 0. The van der Waals surface area contributed by atoms with Crippen LogP contribution >= 0.6 is 12.6 Å². The quantitative estimate of drug-likeness (QED) is 0.568. The van der Waals surface area contributed by atoms with Crippen molar-refractivity contribution in [2.45, 2.75) is 5.92 Å². The molecular weight excluding hydrogens is 208 g/mol. The smallest absolute Gasteiger partial charge is 0.0700 e. The Morgan fingerprint density at radius 2 is 1.93 bits per heavy atom. The fraction of sp³-hybridized carbons (Fsp3) is 0.500. The summed E-state index contributed by atoms with van der Waals surface area (Å²) in [5.41, 5.74) is 1.28. The third kappa shape index (κ3) is 4.69. The van der Waals surface area contributed by atoms with Gasteiger partial charge in [0, 0.05) is 13.0 Å². The van der Waals surface area contributed by atoms with Crippen LogP contribution in [-0.4, -0.2) is 32.7 Å². The first-order chi connectivity index (χ1) is 7.38. The summed E-state index contributed by atoms with van der Waals surface area (Å²) in [6, 6.07) is 10.3. The number of benzene rings is 1. The Balaban J connectivity index is 2.36. The van der Waals surface area contributed by atoms with E-state index in [0.29, 0.717) is 25.7 Å². The van der Waals surface area contributed by atoms with Crippen molar-refractivity contribution >= 4 is 12.6 Å². The summed E-state index contributed by atoms with van der Waals surface area (Å²) in [4.78, 5) is 0. The Kier molecular flexibility index (Phi) is 6.48. The molecule has 0 aliphatic rings. The Labute approximate surface area is 97.0 Å². The summed E-state index contributed by atoms with van der Waals surface area (Å²) >= 11 is 4.34. The van der Waals surface area contributed by atoms with Crippen LogP contribution in [0, 0.1) is 0 Å². The molecule has 1 aromatic carbocycles. The second kappa shape index (κ2) is 7.74. The van der Waals surface area contributed by atoms with Crippen LogP contribution in [0.15, 0.2) is 30.3 Å². The third-order valence-corrected chi connectivity index (χ3v) is 2.68. The van der Waals surface area contributed by atoms with Crippen LogP contribution in [0.3, 0.4) is 0 Å². The first-order valence-corrected chi connectivity index (χ1v) is 5.74. The molecule has 84 valence electrons. The first-order valence-electron chi connectivity index (χ1n) is 5.11. The molecule has 0 bridgehead atoms. The molecule has 1 atom stereocenters. The number of hydrogen-bond donors (Lipinski definition) is 1. The summed E-state index contributed by atoms with van der Waals surface area (Å²) in [6.07, 6.45) is 0. The van der Waals surface area contributed by atoms with Gasteiger partial charge in [-0.1, -0.05) is 30.3 Å². The van der Waals surface area contributed by atoms with E-state index < -0.39 is 0 Å². The van der Waals surface area contributed by atoms with E-state index >= 15 is 0 Å². The van der Waals surface area contributed by atoms with Crippen LogP contribution in [0.25, 0.3) is 0 Å². The van der Waals surface area contributed by atoms with Crippen molar-refractivity contribution in [2.75, 3.05) is 32.7 Å². The summed E-state index contributed by atoms with van der Waals surface area (Å²) in [7, 11) is 1.68. The predicted molar refractivity (Wildman–Crippen MR) is 65.7 cm³/mol. The summed E-state index contributed by atoms with van der Waals surface area (Å²) in [6.45, 7) is 2.00. The molecule has 0 aromatic heterocycles. The molecule has 0 saturated heterocycles. The number of methoxy groups -OCH3 is 1. The van der Waals surface area contributed by atoms with Gasteiger partial charge in [0.05, 0.1) is 19.8 Å². The average molecular weight is 226 g/mol. The van der Waals surface area contributed by atoms with Crippen LogP contribution in [-0.2, 0) is 9.47 Å². The lowest BCUT2D eigenvalue weighted by Crippen LogP contribution is -2.12. The van der Waals surface area contributed by atoms with Gasteiger partial charge in [0.1, 0.15) is 0 Å². The average Bonchev–Trinajstić information content (AvgIpc) is 2.30. The van der Waals surface area contributed by atoms with Gasteiger partial charge in [-0.05, 0) is 11.3 Å². The van der Waals surface area contributed by atoms with Crippen molar-refractivity contribution in [3.63, 3.8) is 0 Å². The van der Waals surface area contributed by atoms with Gasteiger partial charge in [-0.3, -0.25) is 0 Å². The number of thiol groups is 1. The maximum absolute atomic E-state index is 5.51. The van der Waals surface area contributed by atoms with Gasteiger partial charge in [-0.15, -0.1) is 0 Å². The molecule has 0 heterocycles. The highest BCUT2D eigenvalue weighted by Crippen LogP contribution is 2.16. The van der Waals surface area contributed by atoms with Gasteiger partial charge in [-0.2, -0.15) is 12.6 Å². The second-order valence-corrected chi connectivity index (χ2v) is 3.72. The van der Waals surface area contributed by atoms with E-state index in [4.69, 9.17) is 9.47 Å². The minimum absolute atomic E-state index is 0.367. The van der Waals surface area contributed by atoms with Crippen molar-refractivity contribution in [1.29, 1.82) is 0 Å². The lowest BCUT2D eigenvalue weighted by atomic mass is 10.0. The van der Waals surface area contributed by atoms with E-state index in [1.807, 2.05) is 18.2 Å². The fourth-order valence-corrected chi connectivity index (χ4v) is 1.66. The van der Waals surface area contributed by atoms with E-state index in [2.05, 4.69) is 24.8 Å². The van der Waals surface area contributed by atoms with Crippen LogP contribution in [0.2, 0.25) is 0 Å². The molecule has 0 amide bonds. The molecule has 1 unspecified atom stereocenters. The molecule has 0 radical (unpaired) electrons. The SMILES string of the molecule is COCCOCC(CS)c1ccccc1. The maximum Gasteiger partial charge on any atom is 0.0700 e. The number of ether oxygens (including phenoxy) is 2. The Bertz CT molecular complexity index is 251. The van der Waals surface area contributed by atoms with Gasteiger partial charge in [0.15, 0.2) is 0 Å². The van der Waals surface area contributed by atoms with Gasteiger partial charge in [0.2, 0.25) is 0 Å². The molecule has 0 N–H and O–H groups in total. The van der Waals surface area contributed by atoms with Crippen molar-refractivity contribution in [1.82, 2.24) is 0 Å². The molecule has 0 fully saturated rings. The minimum Gasteiger partial charge on any atom is -0.382 e. The zero-order chi connectivity index (χ0) is 10.9. The summed E-state index contributed by atoms with van der Waals surface area (Å²) < 4.78 is 10.4. The van der Waals surface area contributed by atoms with E-state index in [1.165, 1.54) is 5.56 Å². The normalized spacial score (nSPS) is 12.7.